The Morgan fingerprint density at radius 1 is 1.38 bits per heavy atom. The van der Waals surface area contributed by atoms with Gasteiger partial charge in [-0.3, -0.25) is 4.79 Å². The third kappa shape index (κ3) is 3.10. The number of anilines is 1. The summed E-state index contributed by atoms with van der Waals surface area (Å²) in [5.74, 6) is 0.208. The van der Waals surface area contributed by atoms with Gasteiger partial charge in [-0.15, -0.1) is 0 Å². The number of carbonyl (C=O) groups excluding carboxylic acids is 1. The highest BCUT2D eigenvalue weighted by atomic mass is 16.3. The van der Waals surface area contributed by atoms with E-state index in [4.69, 9.17) is 4.42 Å². The maximum absolute atomic E-state index is 11.8. The zero-order valence-electron chi connectivity index (χ0n) is 12.3. The van der Waals surface area contributed by atoms with Crippen molar-refractivity contribution in [3.8, 4) is 0 Å². The number of rotatable bonds is 4. The number of fused-ring (bicyclic) bond motifs is 1. The van der Waals surface area contributed by atoms with Crippen molar-refractivity contribution in [2.24, 2.45) is 0 Å². The fraction of sp³-hybridized carbons (Fsp3) is 0.353. The molecule has 0 aliphatic carbocycles. The number of nitrogens with zero attached hydrogens (tertiary/aromatic N) is 1. The van der Waals surface area contributed by atoms with Crippen LogP contribution in [0, 0.1) is 0 Å². The molecule has 110 valence electrons. The van der Waals surface area contributed by atoms with E-state index >= 15 is 0 Å². The molecule has 3 rings (SSSR count). The largest absolute Gasteiger partial charge is 0.459 e. The number of furan rings is 1. The highest BCUT2D eigenvalue weighted by molar-refractivity contribution is 5.91. The highest BCUT2D eigenvalue weighted by Crippen LogP contribution is 2.26. The predicted octanol–water partition coefficient (Wildman–Crippen LogP) is 2.63. The number of hydrogen-bond acceptors (Lipinski definition) is 3. The number of amides is 1. The molecule has 0 spiro atoms. The summed E-state index contributed by atoms with van der Waals surface area (Å²) >= 11 is 0. The standard InChI is InChI=1S/C17H20N2O2/c1-19-10-2-4-14-12-13(6-7-15(14)19)8-9-18-17(20)16-5-3-11-21-16/h3,5-7,11-12H,2,4,8-10H2,1H3,(H,18,20). The maximum Gasteiger partial charge on any atom is 0.286 e. The minimum Gasteiger partial charge on any atom is -0.459 e. The number of nitrogens with one attached hydrogen (secondary N) is 1. The molecule has 0 bridgehead atoms. The predicted molar refractivity (Wildman–Crippen MR) is 82.8 cm³/mol. The van der Waals surface area contributed by atoms with Gasteiger partial charge in [0.25, 0.3) is 5.91 Å². The van der Waals surface area contributed by atoms with Crippen LogP contribution in [0.2, 0.25) is 0 Å². The van der Waals surface area contributed by atoms with Gasteiger partial charge in [-0.2, -0.15) is 0 Å². The number of benzene rings is 1. The molecule has 0 radical (unpaired) electrons. The Kier molecular flexibility index (Phi) is 3.95. The molecule has 1 aromatic heterocycles. The minimum absolute atomic E-state index is 0.155. The first kappa shape index (κ1) is 13.7. The highest BCUT2D eigenvalue weighted by Gasteiger charge is 2.13. The SMILES string of the molecule is CN1CCCc2cc(CCNC(=O)c3ccco3)ccc21. The molecule has 0 unspecified atom stereocenters. The van der Waals surface area contributed by atoms with E-state index in [-0.39, 0.29) is 5.91 Å². The molecule has 0 saturated heterocycles. The van der Waals surface area contributed by atoms with Gasteiger partial charge in [-0.25, -0.2) is 0 Å². The number of carbonyl (C=O) groups is 1. The second kappa shape index (κ2) is 6.04. The van der Waals surface area contributed by atoms with Crippen LogP contribution < -0.4 is 10.2 Å². The molecule has 1 amide bonds. The monoisotopic (exact) mass is 284 g/mol. The zero-order chi connectivity index (χ0) is 14.7. The number of hydrogen-bond donors (Lipinski definition) is 1. The quantitative estimate of drug-likeness (QED) is 0.938. The lowest BCUT2D eigenvalue weighted by Crippen LogP contribution is -2.26. The van der Waals surface area contributed by atoms with Crippen LogP contribution in [0.15, 0.2) is 41.0 Å². The molecule has 0 saturated carbocycles. The van der Waals surface area contributed by atoms with Crippen LogP contribution in [0.5, 0.6) is 0 Å². The van der Waals surface area contributed by atoms with E-state index in [1.807, 2.05) is 0 Å². The fourth-order valence-corrected chi connectivity index (χ4v) is 2.81. The molecule has 0 fully saturated rings. The molecule has 1 aliphatic rings. The van der Waals surface area contributed by atoms with Crippen molar-refractivity contribution < 1.29 is 9.21 Å². The van der Waals surface area contributed by atoms with E-state index in [9.17, 15) is 4.79 Å². The fourth-order valence-electron chi connectivity index (χ4n) is 2.81. The first-order chi connectivity index (χ1) is 10.2. The van der Waals surface area contributed by atoms with E-state index < -0.39 is 0 Å². The van der Waals surface area contributed by atoms with Gasteiger partial charge in [0.2, 0.25) is 0 Å². The minimum atomic E-state index is -0.155. The summed E-state index contributed by atoms with van der Waals surface area (Å²) in [6.45, 7) is 1.75. The Bertz CT molecular complexity index is 620. The first-order valence-corrected chi connectivity index (χ1v) is 7.39. The summed E-state index contributed by atoms with van der Waals surface area (Å²) in [6.07, 6.45) is 4.70. The lowest BCUT2D eigenvalue weighted by molar-refractivity contribution is 0.0926. The molecule has 1 aromatic carbocycles. The Hall–Kier alpha value is -2.23. The molecule has 2 heterocycles. The zero-order valence-corrected chi connectivity index (χ0v) is 12.3. The Morgan fingerprint density at radius 2 is 2.29 bits per heavy atom. The molecule has 0 atom stereocenters. The van der Waals surface area contributed by atoms with Crippen molar-refractivity contribution >= 4 is 11.6 Å². The van der Waals surface area contributed by atoms with Crippen LogP contribution in [-0.2, 0) is 12.8 Å². The molecular weight excluding hydrogens is 264 g/mol. The third-order valence-electron chi connectivity index (χ3n) is 3.94. The second-order valence-corrected chi connectivity index (χ2v) is 5.47. The molecule has 2 aromatic rings. The molecule has 4 heteroatoms. The third-order valence-corrected chi connectivity index (χ3v) is 3.94. The molecule has 1 N–H and O–H groups in total. The summed E-state index contributed by atoms with van der Waals surface area (Å²) in [7, 11) is 2.14. The van der Waals surface area contributed by atoms with Crippen LogP contribution in [0.4, 0.5) is 5.69 Å². The van der Waals surface area contributed by atoms with E-state index in [0.717, 1.165) is 19.4 Å². The van der Waals surface area contributed by atoms with Crippen LogP contribution >= 0.6 is 0 Å². The van der Waals surface area contributed by atoms with E-state index in [0.29, 0.717) is 12.3 Å². The maximum atomic E-state index is 11.8. The van der Waals surface area contributed by atoms with Crippen LogP contribution in [0.25, 0.3) is 0 Å². The van der Waals surface area contributed by atoms with Gasteiger partial charge < -0.3 is 14.6 Å². The van der Waals surface area contributed by atoms with Crippen molar-refractivity contribution in [3.05, 3.63) is 53.5 Å². The summed E-state index contributed by atoms with van der Waals surface area (Å²) in [4.78, 5) is 14.1. The molecular formula is C17H20N2O2. The van der Waals surface area contributed by atoms with Crippen LogP contribution in [0.3, 0.4) is 0 Å². The average Bonchev–Trinajstić information content (AvgIpc) is 3.01. The van der Waals surface area contributed by atoms with Gasteiger partial charge in [-0.1, -0.05) is 12.1 Å². The normalized spacial score (nSPS) is 13.9. The number of aryl methyl sites for hydroxylation is 1. The summed E-state index contributed by atoms with van der Waals surface area (Å²) < 4.78 is 5.07. The van der Waals surface area contributed by atoms with Crippen LogP contribution in [-0.4, -0.2) is 26.0 Å². The van der Waals surface area contributed by atoms with Crippen molar-refractivity contribution in [2.75, 3.05) is 25.0 Å². The lowest BCUT2D eigenvalue weighted by atomic mass is 9.98. The van der Waals surface area contributed by atoms with Gasteiger partial charge in [-0.05, 0) is 48.6 Å². The molecule has 1 aliphatic heterocycles. The van der Waals surface area contributed by atoms with Crippen LogP contribution in [0.1, 0.15) is 28.1 Å². The lowest BCUT2D eigenvalue weighted by Gasteiger charge is -2.27. The van der Waals surface area contributed by atoms with E-state index in [1.54, 1.807) is 12.1 Å². The summed E-state index contributed by atoms with van der Waals surface area (Å²) in [5, 5.41) is 2.88. The second-order valence-electron chi connectivity index (χ2n) is 5.47. The first-order valence-electron chi connectivity index (χ1n) is 7.39. The van der Waals surface area contributed by atoms with Crippen molar-refractivity contribution in [1.82, 2.24) is 5.32 Å². The average molecular weight is 284 g/mol. The van der Waals surface area contributed by atoms with Gasteiger partial charge in [0, 0.05) is 25.8 Å². The van der Waals surface area contributed by atoms with E-state index in [2.05, 4.69) is 35.5 Å². The molecule has 21 heavy (non-hydrogen) atoms. The summed E-state index contributed by atoms with van der Waals surface area (Å²) in [5.41, 5.74) is 4.02. The Balaban J connectivity index is 1.57. The van der Waals surface area contributed by atoms with Crippen molar-refractivity contribution in [3.63, 3.8) is 0 Å². The van der Waals surface area contributed by atoms with Gasteiger partial charge >= 0.3 is 0 Å². The van der Waals surface area contributed by atoms with Crippen molar-refractivity contribution in [1.29, 1.82) is 0 Å². The van der Waals surface area contributed by atoms with Gasteiger partial charge in [0.15, 0.2) is 5.76 Å². The topological polar surface area (TPSA) is 45.5 Å². The smallest absolute Gasteiger partial charge is 0.286 e. The Labute approximate surface area is 124 Å². The Morgan fingerprint density at radius 3 is 3.10 bits per heavy atom. The van der Waals surface area contributed by atoms with E-state index in [1.165, 1.54) is 29.5 Å². The van der Waals surface area contributed by atoms with Crippen molar-refractivity contribution in [2.45, 2.75) is 19.3 Å². The van der Waals surface area contributed by atoms with Gasteiger partial charge in [0.1, 0.15) is 0 Å². The van der Waals surface area contributed by atoms with Gasteiger partial charge in [0.05, 0.1) is 6.26 Å². The summed E-state index contributed by atoms with van der Waals surface area (Å²) in [6, 6.07) is 10.0. The molecule has 4 nitrogen and oxygen atoms in total.